The first kappa shape index (κ1) is 17.7. The van der Waals surface area contributed by atoms with Gasteiger partial charge in [0.1, 0.15) is 0 Å². The summed E-state index contributed by atoms with van der Waals surface area (Å²) in [4.78, 5) is 2.00. The molecule has 0 saturated carbocycles. The summed E-state index contributed by atoms with van der Waals surface area (Å²) in [5.74, 6) is 0.694. The number of hydrogen-bond acceptors (Lipinski definition) is 1. The van der Waals surface area contributed by atoms with Gasteiger partial charge in [0.25, 0.3) is 0 Å². The number of nitrogens with zero attached hydrogens (tertiary/aromatic N) is 1. The number of hydrogen-bond donors (Lipinski definition) is 0. The summed E-state index contributed by atoms with van der Waals surface area (Å²) < 4.78 is 0. The minimum atomic E-state index is 0. The van der Waals surface area contributed by atoms with E-state index in [0.29, 0.717) is 5.92 Å². The summed E-state index contributed by atoms with van der Waals surface area (Å²) in [5, 5.41) is 0. The van der Waals surface area contributed by atoms with Crippen LogP contribution in [0, 0.1) is 5.92 Å². The summed E-state index contributed by atoms with van der Waals surface area (Å²) in [5.41, 5.74) is 6.11. The molecule has 86 valence electrons. The number of rotatable bonds is 0. The maximum absolute atomic E-state index is 2.28. The molecule has 0 aromatic carbocycles. The van der Waals surface area contributed by atoms with Gasteiger partial charge < -0.3 is 4.90 Å². The normalized spacial score (nSPS) is 16.6. The van der Waals surface area contributed by atoms with E-state index >= 15 is 0 Å². The van der Waals surface area contributed by atoms with Crippen LogP contribution in [0.4, 0.5) is 0 Å². The van der Waals surface area contributed by atoms with Crippen LogP contribution in [-0.2, 0) is 26.2 Å². The van der Waals surface area contributed by atoms with Crippen molar-refractivity contribution in [1.29, 1.82) is 0 Å². The Labute approximate surface area is 115 Å². The van der Waals surface area contributed by atoms with Crippen molar-refractivity contribution < 1.29 is 26.2 Å². The fourth-order valence-electron chi connectivity index (χ4n) is 1.57. The van der Waals surface area contributed by atoms with Gasteiger partial charge in [0, 0.05) is 26.2 Å². The van der Waals surface area contributed by atoms with Gasteiger partial charge in [-0.05, 0) is 65.9 Å². The molecule has 0 bridgehead atoms. The molecule has 0 unspecified atom stereocenters. The Morgan fingerprint density at radius 3 is 1.07 bits per heavy atom. The van der Waals surface area contributed by atoms with Crippen LogP contribution in [0.25, 0.3) is 0 Å². The Balaban J connectivity index is 0. The first-order valence-electron chi connectivity index (χ1n) is 5.25. The van der Waals surface area contributed by atoms with Crippen LogP contribution in [0.2, 0.25) is 0 Å². The molecule has 2 heteroatoms. The van der Waals surface area contributed by atoms with E-state index in [1.807, 2.05) is 26.0 Å². The molecular weight excluding hydrogens is 261 g/mol. The van der Waals surface area contributed by atoms with E-state index in [2.05, 4.69) is 34.6 Å². The molecule has 0 aromatic rings. The van der Waals surface area contributed by atoms with E-state index < -0.39 is 0 Å². The van der Waals surface area contributed by atoms with Gasteiger partial charge in [-0.25, -0.2) is 0 Å². The predicted molar refractivity (Wildman–Crippen MR) is 65.5 cm³/mol. The summed E-state index contributed by atoms with van der Waals surface area (Å²) in [6, 6.07) is 0. The van der Waals surface area contributed by atoms with Crippen molar-refractivity contribution in [3.8, 4) is 0 Å². The zero-order valence-electron chi connectivity index (χ0n) is 11.5. The smallest absolute Gasteiger partial charge is 0 e. The SMILES string of the molecule is CC1=C(C)C(C)C(C)=C1C.CN(C)C.[Zr]. The van der Waals surface area contributed by atoms with Gasteiger partial charge in [-0.1, -0.05) is 18.1 Å². The van der Waals surface area contributed by atoms with Crippen molar-refractivity contribution >= 4 is 0 Å². The van der Waals surface area contributed by atoms with Crippen LogP contribution in [0.1, 0.15) is 34.6 Å². The molecule has 0 N–H and O–H groups in total. The van der Waals surface area contributed by atoms with E-state index in [1.54, 1.807) is 11.1 Å². The molecule has 1 rings (SSSR count). The third-order valence-corrected chi connectivity index (χ3v) is 3.04. The molecule has 0 aromatic heterocycles. The molecule has 0 atom stereocenters. The standard InChI is InChI=1S/C10H16.C3H9N.Zr/c1-6-7(2)9(4)10(5)8(6)3;1-4(2)3;/h6H,1-5H3;1-3H3;. The summed E-state index contributed by atoms with van der Waals surface area (Å²) >= 11 is 0. The van der Waals surface area contributed by atoms with Gasteiger partial charge in [0.05, 0.1) is 0 Å². The monoisotopic (exact) mass is 285 g/mol. The quantitative estimate of drug-likeness (QED) is 0.659. The van der Waals surface area contributed by atoms with Crippen molar-refractivity contribution in [2.24, 2.45) is 5.92 Å². The second-order valence-corrected chi connectivity index (χ2v) is 4.68. The molecule has 0 heterocycles. The Bertz CT molecular complexity index is 235. The van der Waals surface area contributed by atoms with E-state index in [4.69, 9.17) is 0 Å². The first-order valence-corrected chi connectivity index (χ1v) is 5.25. The average Bonchev–Trinajstić information content (AvgIpc) is 2.23. The molecule has 1 aliphatic rings. The van der Waals surface area contributed by atoms with Gasteiger partial charge in [0.2, 0.25) is 0 Å². The second kappa shape index (κ2) is 7.57. The molecule has 0 amide bonds. The van der Waals surface area contributed by atoms with Crippen molar-refractivity contribution in [3.05, 3.63) is 22.3 Å². The first-order chi connectivity index (χ1) is 6.29. The molecule has 0 fully saturated rings. The third-order valence-electron chi connectivity index (χ3n) is 3.04. The van der Waals surface area contributed by atoms with Gasteiger partial charge in [-0.2, -0.15) is 0 Å². The Morgan fingerprint density at radius 2 is 1.00 bits per heavy atom. The van der Waals surface area contributed by atoms with Crippen LogP contribution in [0.5, 0.6) is 0 Å². The molecule has 0 radical (unpaired) electrons. The molecule has 0 aliphatic heterocycles. The third kappa shape index (κ3) is 5.27. The van der Waals surface area contributed by atoms with Crippen molar-refractivity contribution in [1.82, 2.24) is 4.90 Å². The van der Waals surface area contributed by atoms with Gasteiger partial charge in [-0.3, -0.25) is 0 Å². The van der Waals surface area contributed by atoms with Crippen LogP contribution < -0.4 is 0 Å². The fourth-order valence-corrected chi connectivity index (χ4v) is 1.57. The second-order valence-electron chi connectivity index (χ2n) is 4.68. The molecule has 1 aliphatic carbocycles. The zero-order chi connectivity index (χ0) is 11.5. The molecule has 1 nitrogen and oxygen atoms in total. The van der Waals surface area contributed by atoms with Crippen molar-refractivity contribution in [2.75, 3.05) is 21.1 Å². The van der Waals surface area contributed by atoms with Crippen molar-refractivity contribution in [3.63, 3.8) is 0 Å². The topological polar surface area (TPSA) is 3.24 Å². The fraction of sp³-hybridized carbons (Fsp3) is 0.692. The van der Waals surface area contributed by atoms with E-state index in [0.717, 1.165) is 0 Å². The minimum Gasteiger partial charge on any atom is -0.312 e. The van der Waals surface area contributed by atoms with Crippen LogP contribution in [0.3, 0.4) is 0 Å². The predicted octanol–water partition coefficient (Wildman–Crippen LogP) is 3.48. The maximum atomic E-state index is 2.28. The Kier molecular flexibility index (Phi) is 8.94. The van der Waals surface area contributed by atoms with Gasteiger partial charge >= 0.3 is 0 Å². The molecular formula is C13H25NZr. The summed E-state index contributed by atoms with van der Waals surface area (Å²) in [7, 11) is 6.00. The van der Waals surface area contributed by atoms with E-state index in [9.17, 15) is 0 Å². The largest absolute Gasteiger partial charge is 0.312 e. The Morgan fingerprint density at radius 1 is 0.800 bits per heavy atom. The minimum absolute atomic E-state index is 0. The molecule has 15 heavy (non-hydrogen) atoms. The Hall–Kier alpha value is 0.323. The average molecular weight is 287 g/mol. The summed E-state index contributed by atoms with van der Waals surface area (Å²) in [6.45, 7) is 11.2. The maximum Gasteiger partial charge on any atom is 0 e. The molecule has 0 spiro atoms. The van der Waals surface area contributed by atoms with Gasteiger partial charge in [0.15, 0.2) is 0 Å². The van der Waals surface area contributed by atoms with E-state index in [-0.39, 0.29) is 26.2 Å². The van der Waals surface area contributed by atoms with Crippen LogP contribution in [0.15, 0.2) is 22.3 Å². The van der Waals surface area contributed by atoms with Crippen LogP contribution in [-0.4, -0.2) is 26.0 Å². The van der Waals surface area contributed by atoms with Crippen LogP contribution >= 0.6 is 0 Å². The molecule has 0 saturated heterocycles. The number of allylic oxidation sites excluding steroid dienone is 4. The zero-order valence-corrected chi connectivity index (χ0v) is 14.0. The van der Waals surface area contributed by atoms with Crippen molar-refractivity contribution in [2.45, 2.75) is 34.6 Å². The summed E-state index contributed by atoms with van der Waals surface area (Å²) in [6.07, 6.45) is 0. The van der Waals surface area contributed by atoms with E-state index in [1.165, 1.54) is 11.1 Å². The van der Waals surface area contributed by atoms with Gasteiger partial charge in [-0.15, -0.1) is 0 Å².